The normalized spacial score (nSPS) is 15.1. The lowest BCUT2D eigenvalue weighted by Gasteiger charge is -2.34. The van der Waals surface area contributed by atoms with Crippen LogP contribution in [0.5, 0.6) is 0 Å². The second kappa shape index (κ2) is 10.8. The van der Waals surface area contributed by atoms with Gasteiger partial charge in [-0.15, -0.1) is 0 Å². The van der Waals surface area contributed by atoms with Gasteiger partial charge in [0.25, 0.3) is 0 Å². The fourth-order valence-corrected chi connectivity index (χ4v) is 4.66. The lowest BCUT2D eigenvalue weighted by atomic mass is 9.96. The van der Waals surface area contributed by atoms with Crippen LogP contribution in [0.1, 0.15) is 26.7 Å². The van der Waals surface area contributed by atoms with Crippen molar-refractivity contribution in [2.24, 2.45) is 11.8 Å². The molecule has 174 valence electrons. The molecule has 32 heavy (non-hydrogen) atoms. The van der Waals surface area contributed by atoms with Crippen molar-refractivity contribution in [3.05, 3.63) is 54.3 Å². The number of sulfonamides is 1. The van der Waals surface area contributed by atoms with E-state index in [-0.39, 0.29) is 16.7 Å². The molecular weight excluding hydrogens is 433 g/mol. The number of piperidine rings is 1. The second-order valence-corrected chi connectivity index (χ2v) is 10.1. The summed E-state index contributed by atoms with van der Waals surface area (Å²) >= 11 is 0. The maximum atomic E-state index is 14.7. The molecule has 1 aliphatic heterocycles. The Morgan fingerprint density at radius 3 is 2.47 bits per heavy atom. The standard InChI is InChI=1S/C23H30FN3O4S/c1-17(2)16-31-23(28)26-19-8-9-22(21(24)14-19)27-12-10-18(11-13-27)15-25-32(29,30)20-6-4-3-5-7-20/h3-9,14,17-18,25H,10-13,15-16H2,1-2H3,(H,26,28). The first-order valence-corrected chi connectivity index (χ1v) is 12.3. The third-order valence-electron chi connectivity index (χ3n) is 5.31. The maximum absolute atomic E-state index is 14.7. The predicted octanol–water partition coefficient (Wildman–Crippen LogP) is 4.23. The van der Waals surface area contributed by atoms with Crippen LogP contribution < -0.4 is 14.9 Å². The SMILES string of the molecule is CC(C)COC(=O)Nc1ccc(N2CCC(CNS(=O)(=O)c3ccccc3)CC2)c(F)c1. The minimum absolute atomic E-state index is 0.185. The zero-order valence-corrected chi connectivity index (χ0v) is 19.2. The van der Waals surface area contributed by atoms with Gasteiger partial charge in [-0.3, -0.25) is 5.32 Å². The number of carbonyl (C=O) groups excluding carboxylic acids is 1. The second-order valence-electron chi connectivity index (χ2n) is 8.38. The van der Waals surface area contributed by atoms with Gasteiger partial charge >= 0.3 is 6.09 Å². The third-order valence-corrected chi connectivity index (χ3v) is 6.75. The summed E-state index contributed by atoms with van der Waals surface area (Å²) in [7, 11) is -3.52. The molecule has 0 aliphatic carbocycles. The van der Waals surface area contributed by atoms with Crippen LogP contribution in [0.15, 0.2) is 53.4 Å². The Morgan fingerprint density at radius 1 is 1.16 bits per heavy atom. The molecule has 0 aromatic heterocycles. The number of halogens is 1. The van der Waals surface area contributed by atoms with E-state index < -0.39 is 21.9 Å². The van der Waals surface area contributed by atoms with Crippen LogP contribution in [0.25, 0.3) is 0 Å². The van der Waals surface area contributed by atoms with Crippen molar-refractivity contribution in [3.63, 3.8) is 0 Å². The quantitative estimate of drug-likeness (QED) is 0.612. The van der Waals surface area contributed by atoms with Crippen LogP contribution in [0.2, 0.25) is 0 Å². The number of benzene rings is 2. The van der Waals surface area contributed by atoms with E-state index in [1.54, 1.807) is 42.5 Å². The summed E-state index contributed by atoms with van der Waals surface area (Å²) in [5, 5.41) is 2.53. The first-order chi connectivity index (χ1) is 15.2. The van der Waals surface area contributed by atoms with Crippen LogP contribution in [0, 0.1) is 17.7 Å². The number of ether oxygens (including phenoxy) is 1. The fourth-order valence-electron chi connectivity index (χ4n) is 3.53. The molecule has 0 saturated carbocycles. The summed E-state index contributed by atoms with van der Waals surface area (Å²) in [6.45, 7) is 5.76. The number of hydrogen-bond acceptors (Lipinski definition) is 5. The number of nitrogens with one attached hydrogen (secondary N) is 2. The molecule has 2 N–H and O–H groups in total. The number of amides is 1. The van der Waals surface area contributed by atoms with Gasteiger partial charge in [0, 0.05) is 25.3 Å². The van der Waals surface area contributed by atoms with Crippen molar-refractivity contribution < 1.29 is 22.3 Å². The Labute approximate surface area is 189 Å². The Morgan fingerprint density at radius 2 is 1.84 bits per heavy atom. The van der Waals surface area contributed by atoms with Crippen LogP contribution in [-0.4, -0.2) is 40.8 Å². The summed E-state index contributed by atoms with van der Waals surface area (Å²) in [5.41, 5.74) is 0.805. The summed E-state index contributed by atoms with van der Waals surface area (Å²) in [6, 6.07) is 12.9. The number of anilines is 2. The van der Waals surface area contributed by atoms with Crippen molar-refractivity contribution in [1.82, 2.24) is 4.72 Å². The molecular formula is C23H30FN3O4S. The minimum atomic E-state index is -3.52. The molecule has 1 fully saturated rings. The van der Waals surface area contributed by atoms with E-state index in [0.29, 0.717) is 37.6 Å². The van der Waals surface area contributed by atoms with E-state index >= 15 is 0 Å². The summed E-state index contributed by atoms with van der Waals surface area (Å²) in [4.78, 5) is 14.0. The first kappa shape index (κ1) is 24.0. The molecule has 0 unspecified atom stereocenters. The molecule has 9 heteroatoms. The predicted molar refractivity (Wildman–Crippen MR) is 123 cm³/mol. The Kier molecular flexibility index (Phi) is 8.09. The van der Waals surface area contributed by atoms with Crippen LogP contribution in [0.3, 0.4) is 0 Å². The average Bonchev–Trinajstić information content (AvgIpc) is 2.77. The third kappa shape index (κ3) is 6.67. The van der Waals surface area contributed by atoms with Crippen molar-refractivity contribution in [2.75, 3.05) is 36.5 Å². The molecule has 2 aromatic rings. The highest BCUT2D eigenvalue weighted by Gasteiger charge is 2.23. The molecule has 0 radical (unpaired) electrons. The van der Waals surface area contributed by atoms with E-state index in [0.717, 1.165) is 12.8 Å². The first-order valence-electron chi connectivity index (χ1n) is 10.8. The zero-order valence-electron chi connectivity index (χ0n) is 18.4. The summed E-state index contributed by atoms with van der Waals surface area (Å²) in [6.07, 6.45) is 0.890. The van der Waals surface area contributed by atoms with Crippen LogP contribution in [0.4, 0.5) is 20.6 Å². The van der Waals surface area contributed by atoms with Crippen molar-refractivity contribution in [3.8, 4) is 0 Å². The molecule has 0 spiro atoms. The molecule has 1 saturated heterocycles. The minimum Gasteiger partial charge on any atom is -0.449 e. The topological polar surface area (TPSA) is 87.7 Å². The largest absolute Gasteiger partial charge is 0.449 e. The molecule has 1 aliphatic rings. The van der Waals surface area contributed by atoms with Gasteiger partial charge in [-0.25, -0.2) is 22.3 Å². The van der Waals surface area contributed by atoms with Gasteiger partial charge in [0.2, 0.25) is 10.0 Å². The van der Waals surface area contributed by atoms with Gasteiger partial charge in [-0.1, -0.05) is 32.0 Å². The van der Waals surface area contributed by atoms with Crippen molar-refractivity contribution in [2.45, 2.75) is 31.6 Å². The highest BCUT2D eigenvalue weighted by Crippen LogP contribution is 2.27. The number of hydrogen-bond donors (Lipinski definition) is 2. The smallest absolute Gasteiger partial charge is 0.411 e. The summed E-state index contributed by atoms with van der Waals surface area (Å²) < 4.78 is 47.1. The van der Waals surface area contributed by atoms with Gasteiger partial charge in [-0.2, -0.15) is 0 Å². The number of carbonyl (C=O) groups is 1. The van der Waals surface area contributed by atoms with E-state index in [9.17, 15) is 17.6 Å². The highest BCUT2D eigenvalue weighted by molar-refractivity contribution is 7.89. The van der Waals surface area contributed by atoms with Crippen LogP contribution in [-0.2, 0) is 14.8 Å². The molecule has 7 nitrogen and oxygen atoms in total. The number of nitrogens with zero attached hydrogens (tertiary/aromatic N) is 1. The van der Waals surface area contributed by atoms with Gasteiger partial charge in [0.15, 0.2) is 0 Å². The van der Waals surface area contributed by atoms with E-state index in [4.69, 9.17) is 4.74 Å². The van der Waals surface area contributed by atoms with Crippen molar-refractivity contribution >= 4 is 27.5 Å². The molecule has 0 bridgehead atoms. The van der Waals surface area contributed by atoms with E-state index in [2.05, 4.69) is 10.0 Å². The zero-order chi connectivity index (χ0) is 23.1. The lowest BCUT2D eigenvalue weighted by molar-refractivity contribution is 0.147. The highest BCUT2D eigenvalue weighted by atomic mass is 32.2. The van der Waals surface area contributed by atoms with Gasteiger partial charge < -0.3 is 9.64 Å². The van der Waals surface area contributed by atoms with Gasteiger partial charge in [-0.05, 0) is 55.0 Å². The Bertz CT molecular complexity index is 1010. The lowest BCUT2D eigenvalue weighted by Crippen LogP contribution is -2.39. The number of rotatable bonds is 8. The maximum Gasteiger partial charge on any atom is 0.411 e. The van der Waals surface area contributed by atoms with Crippen molar-refractivity contribution in [1.29, 1.82) is 0 Å². The monoisotopic (exact) mass is 463 g/mol. The molecule has 2 aromatic carbocycles. The molecule has 1 heterocycles. The van der Waals surface area contributed by atoms with Gasteiger partial charge in [0.1, 0.15) is 5.82 Å². The molecule has 1 amide bonds. The average molecular weight is 464 g/mol. The molecule has 0 atom stereocenters. The molecule has 3 rings (SSSR count). The summed E-state index contributed by atoms with van der Waals surface area (Å²) in [5.74, 6) is -0.0178. The Balaban J connectivity index is 1.50. The fraction of sp³-hybridized carbons (Fsp3) is 0.435. The Hall–Kier alpha value is -2.65. The van der Waals surface area contributed by atoms with E-state index in [1.807, 2.05) is 18.7 Å². The van der Waals surface area contributed by atoms with Crippen LogP contribution >= 0.6 is 0 Å². The van der Waals surface area contributed by atoms with Gasteiger partial charge in [0.05, 0.1) is 17.2 Å². The van der Waals surface area contributed by atoms with E-state index in [1.165, 1.54) is 6.07 Å².